The van der Waals surface area contributed by atoms with Gasteiger partial charge in [0.1, 0.15) is 18.3 Å². The van der Waals surface area contributed by atoms with E-state index in [1.165, 1.54) is 30.2 Å². The van der Waals surface area contributed by atoms with E-state index in [0.29, 0.717) is 11.3 Å². The van der Waals surface area contributed by atoms with Gasteiger partial charge < -0.3 is 15.0 Å². The van der Waals surface area contributed by atoms with Crippen LogP contribution < -0.4 is 14.4 Å². The number of ether oxygens (including phenoxy) is 1. The number of methoxy groups -OCH3 is 1. The predicted octanol–water partition coefficient (Wildman–Crippen LogP) is 4.10. The van der Waals surface area contributed by atoms with E-state index in [1.807, 2.05) is 20.8 Å². The molecule has 0 aliphatic carbocycles. The van der Waals surface area contributed by atoms with Crippen molar-refractivity contribution in [1.29, 1.82) is 0 Å². The maximum absolute atomic E-state index is 13.6. The second kappa shape index (κ2) is 11.5. The summed E-state index contributed by atoms with van der Waals surface area (Å²) in [4.78, 5) is 27.9. The zero-order valence-electron chi connectivity index (χ0n) is 20.6. The number of carbonyl (C=O) groups excluding carboxylic acids is 2. The highest BCUT2D eigenvalue weighted by molar-refractivity contribution is 7.92. The Morgan fingerprint density at radius 2 is 1.69 bits per heavy atom. The number of rotatable bonds is 9. The number of nitrogens with zero attached hydrogens (tertiary/aromatic N) is 2. The van der Waals surface area contributed by atoms with Crippen molar-refractivity contribution < 1.29 is 22.7 Å². The maximum Gasteiger partial charge on any atom is 0.244 e. The van der Waals surface area contributed by atoms with E-state index in [2.05, 4.69) is 5.32 Å². The number of hydrogen-bond acceptors (Lipinski definition) is 5. The highest BCUT2D eigenvalue weighted by Crippen LogP contribution is 2.27. The van der Waals surface area contributed by atoms with Crippen molar-refractivity contribution >= 4 is 50.7 Å². The molecule has 2 amide bonds. The van der Waals surface area contributed by atoms with Crippen molar-refractivity contribution in [2.75, 3.05) is 24.2 Å². The van der Waals surface area contributed by atoms with E-state index in [-0.39, 0.29) is 28.2 Å². The van der Waals surface area contributed by atoms with Gasteiger partial charge >= 0.3 is 0 Å². The Hall–Kier alpha value is -2.49. The molecule has 0 saturated carbocycles. The standard InChI is InChI=1S/C24H31Cl2N3O5S/c1-16(23(31)27-24(2,3)4)28(14-17-8-7-9-21(10-17)34-5)22(30)15-29(35(6,32)33)20-12-18(25)11-19(26)13-20/h7-13,16H,14-15H2,1-6H3,(H,27,31). The molecule has 1 unspecified atom stereocenters. The fourth-order valence-corrected chi connectivity index (χ4v) is 4.67. The molecule has 8 nitrogen and oxygen atoms in total. The van der Waals surface area contributed by atoms with Crippen molar-refractivity contribution in [1.82, 2.24) is 10.2 Å². The number of hydrogen-bond donors (Lipinski definition) is 1. The van der Waals surface area contributed by atoms with Crippen molar-refractivity contribution in [3.63, 3.8) is 0 Å². The summed E-state index contributed by atoms with van der Waals surface area (Å²) >= 11 is 12.1. The van der Waals surface area contributed by atoms with Crippen LogP contribution in [-0.4, -0.2) is 56.6 Å². The van der Waals surface area contributed by atoms with Crippen LogP contribution in [0.4, 0.5) is 5.69 Å². The smallest absolute Gasteiger partial charge is 0.244 e. The van der Waals surface area contributed by atoms with Gasteiger partial charge in [-0.15, -0.1) is 0 Å². The molecule has 2 aromatic rings. The van der Waals surface area contributed by atoms with Gasteiger partial charge in [-0.25, -0.2) is 8.42 Å². The highest BCUT2D eigenvalue weighted by atomic mass is 35.5. The third kappa shape index (κ3) is 8.59. The van der Waals surface area contributed by atoms with Crippen molar-refractivity contribution in [3.05, 3.63) is 58.1 Å². The Bertz CT molecular complexity index is 1160. The zero-order chi connectivity index (χ0) is 26.6. The molecule has 2 rings (SSSR count). The first kappa shape index (κ1) is 28.7. The molecule has 0 aliphatic rings. The molecule has 1 atom stereocenters. The Labute approximate surface area is 217 Å². The van der Waals surface area contributed by atoms with Gasteiger partial charge in [0.25, 0.3) is 0 Å². The van der Waals surface area contributed by atoms with Gasteiger partial charge in [0.15, 0.2) is 0 Å². The van der Waals surface area contributed by atoms with Crippen molar-refractivity contribution in [3.8, 4) is 5.75 Å². The van der Waals surface area contributed by atoms with Crippen LogP contribution in [0.3, 0.4) is 0 Å². The molecule has 2 aromatic carbocycles. The molecule has 0 heterocycles. The molecule has 0 radical (unpaired) electrons. The quantitative estimate of drug-likeness (QED) is 0.513. The molecule has 192 valence electrons. The Kier molecular flexibility index (Phi) is 9.44. The molecule has 0 aliphatic heterocycles. The Morgan fingerprint density at radius 1 is 1.09 bits per heavy atom. The summed E-state index contributed by atoms with van der Waals surface area (Å²) in [6.07, 6.45) is 0.983. The van der Waals surface area contributed by atoms with Gasteiger partial charge in [0.05, 0.1) is 19.1 Å². The molecule has 1 N–H and O–H groups in total. The summed E-state index contributed by atoms with van der Waals surface area (Å²) in [6.45, 7) is 6.61. The second-order valence-corrected chi connectivity index (χ2v) is 12.0. The first-order chi connectivity index (χ1) is 16.1. The molecular weight excluding hydrogens is 513 g/mol. The molecule has 0 saturated heterocycles. The van der Waals surface area contributed by atoms with Crippen LogP contribution in [-0.2, 0) is 26.2 Å². The number of anilines is 1. The lowest BCUT2D eigenvalue weighted by Crippen LogP contribution is -2.54. The van der Waals surface area contributed by atoms with Crippen LogP contribution in [0.5, 0.6) is 5.75 Å². The van der Waals surface area contributed by atoms with Gasteiger partial charge in [0.2, 0.25) is 21.8 Å². The van der Waals surface area contributed by atoms with E-state index < -0.39 is 34.1 Å². The summed E-state index contributed by atoms with van der Waals surface area (Å²) in [5, 5.41) is 3.31. The van der Waals surface area contributed by atoms with E-state index >= 15 is 0 Å². The summed E-state index contributed by atoms with van der Waals surface area (Å²) in [5.41, 5.74) is 0.336. The normalized spacial score (nSPS) is 12.6. The van der Waals surface area contributed by atoms with Gasteiger partial charge in [-0.1, -0.05) is 35.3 Å². The molecule has 0 spiro atoms. The van der Waals surface area contributed by atoms with Crippen LogP contribution >= 0.6 is 23.2 Å². The minimum absolute atomic E-state index is 0.0582. The van der Waals surface area contributed by atoms with Gasteiger partial charge in [-0.3, -0.25) is 13.9 Å². The minimum Gasteiger partial charge on any atom is -0.497 e. The topological polar surface area (TPSA) is 96.0 Å². The van der Waals surface area contributed by atoms with Crippen LogP contribution in [0.25, 0.3) is 0 Å². The third-order valence-electron chi connectivity index (χ3n) is 4.97. The summed E-state index contributed by atoms with van der Waals surface area (Å²) in [5.74, 6) is -0.357. The van der Waals surface area contributed by atoms with Crippen LogP contribution in [0, 0.1) is 0 Å². The van der Waals surface area contributed by atoms with Gasteiger partial charge in [0, 0.05) is 22.1 Å². The summed E-state index contributed by atoms with van der Waals surface area (Å²) in [6, 6.07) is 10.5. The molecule has 0 aromatic heterocycles. The fourth-order valence-electron chi connectivity index (χ4n) is 3.32. The number of nitrogens with one attached hydrogen (secondary N) is 1. The van der Waals surface area contributed by atoms with E-state index in [9.17, 15) is 18.0 Å². The van der Waals surface area contributed by atoms with E-state index in [1.54, 1.807) is 31.2 Å². The molecule has 35 heavy (non-hydrogen) atoms. The minimum atomic E-state index is -3.89. The first-order valence-electron chi connectivity index (χ1n) is 10.8. The van der Waals surface area contributed by atoms with Crippen molar-refractivity contribution in [2.45, 2.75) is 45.8 Å². The number of amides is 2. The maximum atomic E-state index is 13.6. The lowest BCUT2D eigenvalue weighted by atomic mass is 10.1. The third-order valence-corrected chi connectivity index (χ3v) is 6.54. The van der Waals surface area contributed by atoms with E-state index in [4.69, 9.17) is 27.9 Å². The van der Waals surface area contributed by atoms with Gasteiger partial charge in [-0.05, 0) is 63.6 Å². The molecular formula is C24H31Cl2N3O5S. The monoisotopic (exact) mass is 543 g/mol. The van der Waals surface area contributed by atoms with Crippen LogP contribution in [0.1, 0.15) is 33.3 Å². The lowest BCUT2D eigenvalue weighted by Gasteiger charge is -2.33. The lowest BCUT2D eigenvalue weighted by molar-refractivity contribution is -0.140. The predicted molar refractivity (Wildman–Crippen MR) is 140 cm³/mol. The van der Waals surface area contributed by atoms with E-state index in [0.717, 1.165) is 10.6 Å². The largest absolute Gasteiger partial charge is 0.497 e. The number of carbonyl (C=O) groups is 2. The number of halogens is 2. The van der Waals surface area contributed by atoms with Crippen LogP contribution in [0.15, 0.2) is 42.5 Å². The molecule has 0 fully saturated rings. The highest BCUT2D eigenvalue weighted by Gasteiger charge is 2.31. The number of sulfonamides is 1. The molecule has 11 heteroatoms. The first-order valence-corrected chi connectivity index (χ1v) is 13.4. The van der Waals surface area contributed by atoms with Gasteiger partial charge in [-0.2, -0.15) is 0 Å². The Balaban J connectivity index is 2.45. The SMILES string of the molecule is COc1cccc(CN(C(=O)CN(c2cc(Cl)cc(Cl)c2)S(C)(=O)=O)C(C)C(=O)NC(C)(C)C)c1. The zero-order valence-corrected chi connectivity index (χ0v) is 23.0. The number of benzene rings is 2. The average molecular weight is 545 g/mol. The molecule has 0 bridgehead atoms. The average Bonchev–Trinajstić information content (AvgIpc) is 2.72. The fraction of sp³-hybridized carbons (Fsp3) is 0.417. The summed E-state index contributed by atoms with van der Waals surface area (Å²) in [7, 11) is -2.36. The second-order valence-electron chi connectivity index (χ2n) is 9.19. The van der Waals surface area contributed by atoms with Crippen molar-refractivity contribution in [2.24, 2.45) is 0 Å². The van der Waals surface area contributed by atoms with Crippen LogP contribution in [0.2, 0.25) is 10.0 Å². The Morgan fingerprint density at radius 3 is 2.20 bits per heavy atom. The summed E-state index contributed by atoms with van der Waals surface area (Å²) < 4.78 is 31.4.